The lowest BCUT2D eigenvalue weighted by Gasteiger charge is -2.16. The van der Waals surface area contributed by atoms with Gasteiger partial charge in [0, 0.05) is 19.4 Å². The molecule has 26 heavy (non-hydrogen) atoms. The second kappa shape index (κ2) is 8.52. The highest BCUT2D eigenvalue weighted by Crippen LogP contribution is 2.12. The molecule has 1 aromatic heterocycles. The first-order chi connectivity index (χ1) is 12.3. The normalized spacial score (nSPS) is 12.3. The minimum atomic E-state index is -1.23. The number of carboxylic acid groups (broad SMARTS) is 1. The molecule has 0 fully saturated rings. The first-order valence-electron chi connectivity index (χ1n) is 7.69. The monoisotopic (exact) mass is 358 g/mol. The van der Waals surface area contributed by atoms with Gasteiger partial charge in [0.05, 0.1) is 6.26 Å². The highest BCUT2D eigenvalue weighted by atomic mass is 16.4. The molecular formula is C18H18N2O6. The van der Waals surface area contributed by atoms with E-state index in [0.29, 0.717) is 11.3 Å². The van der Waals surface area contributed by atoms with Gasteiger partial charge in [-0.25, -0.2) is 4.79 Å². The Bertz CT molecular complexity index is 809. The van der Waals surface area contributed by atoms with Crippen LogP contribution in [-0.2, 0) is 20.8 Å². The number of hydrogen-bond acceptors (Lipinski definition) is 5. The molecule has 0 unspecified atom stereocenters. The molecule has 8 nitrogen and oxygen atoms in total. The molecule has 2 rings (SSSR count). The lowest BCUT2D eigenvalue weighted by molar-refractivity contribution is -0.141. The molecule has 8 heteroatoms. The molecule has 1 heterocycles. The summed E-state index contributed by atoms with van der Waals surface area (Å²) in [5.41, 5.74) is 0.482. The van der Waals surface area contributed by atoms with Crippen molar-refractivity contribution in [3.8, 4) is 5.75 Å². The van der Waals surface area contributed by atoms with E-state index in [-0.39, 0.29) is 17.9 Å². The number of phenolic OH excluding ortho intramolecular Hbond substituents is 1. The van der Waals surface area contributed by atoms with Gasteiger partial charge < -0.3 is 25.3 Å². The van der Waals surface area contributed by atoms with E-state index in [4.69, 9.17) is 4.42 Å². The Kier molecular flexibility index (Phi) is 6.15. The Morgan fingerprint density at radius 2 is 1.88 bits per heavy atom. The fourth-order valence-corrected chi connectivity index (χ4v) is 2.17. The smallest absolute Gasteiger partial charge is 0.326 e. The molecule has 0 aliphatic carbocycles. The number of aliphatic carboxylic acids is 1. The van der Waals surface area contributed by atoms with E-state index >= 15 is 0 Å². The molecule has 0 radical (unpaired) electrons. The second-order valence-corrected chi connectivity index (χ2v) is 5.49. The molecule has 0 bridgehead atoms. The van der Waals surface area contributed by atoms with Crippen LogP contribution in [0.25, 0.3) is 6.08 Å². The number of hydrogen-bond donors (Lipinski definition) is 4. The van der Waals surface area contributed by atoms with Gasteiger partial charge >= 0.3 is 5.97 Å². The fraction of sp³-hybridized carbons (Fsp3) is 0.167. The van der Waals surface area contributed by atoms with Crippen molar-refractivity contribution in [3.63, 3.8) is 0 Å². The van der Waals surface area contributed by atoms with Crippen LogP contribution in [0, 0.1) is 0 Å². The Morgan fingerprint density at radius 1 is 1.19 bits per heavy atom. The van der Waals surface area contributed by atoms with Gasteiger partial charge in [-0.2, -0.15) is 0 Å². The summed E-state index contributed by atoms with van der Waals surface area (Å²) in [6.07, 6.45) is 2.71. The van der Waals surface area contributed by atoms with Gasteiger partial charge in [-0.05, 0) is 29.8 Å². The van der Waals surface area contributed by atoms with Gasteiger partial charge in [-0.1, -0.05) is 12.1 Å². The van der Waals surface area contributed by atoms with Crippen molar-refractivity contribution in [1.82, 2.24) is 10.6 Å². The van der Waals surface area contributed by atoms with E-state index in [1.807, 2.05) is 0 Å². The first-order valence-corrected chi connectivity index (χ1v) is 7.69. The molecular weight excluding hydrogens is 340 g/mol. The molecule has 2 aromatic rings. The minimum absolute atomic E-state index is 0.00938. The SMILES string of the molecule is CC(=O)N/C(=C\c1ccco1)C(=O)N[C@@H](Cc1ccc(O)cc1)C(=O)O. The van der Waals surface area contributed by atoms with E-state index in [1.165, 1.54) is 31.4 Å². The summed E-state index contributed by atoms with van der Waals surface area (Å²) in [5, 5.41) is 23.4. The third kappa shape index (κ3) is 5.52. The fourth-order valence-electron chi connectivity index (χ4n) is 2.17. The number of aromatic hydroxyl groups is 1. The van der Waals surface area contributed by atoms with Crippen LogP contribution in [0.3, 0.4) is 0 Å². The number of benzene rings is 1. The third-order valence-corrected chi connectivity index (χ3v) is 3.36. The maximum Gasteiger partial charge on any atom is 0.326 e. The molecule has 0 spiro atoms. The van der Waals surface area contributed by atoms with Crippen molar-refractivity contribution in [2.75, 3.05) is 0 Å². The molecule has 2 amide bonds. The predicted molar refractivity (Wildman–Crippen MR) is 91.9 cm³/mol. The number of rotatable bonds is 7. The zero-order chi connectivity index (χ0) is 19.1. The summed E-state index contributed by atoms with van der Waals surface area (Å²) in [6, 6.07) is 7.95. The molecule has 136 valence electrons. The van der Waals surface area contributed by atoms with Gasteiger partial charge in [-0.3, -0.25) is 9.59 Å². The molecule has 0 aliphatic heterocycles. The minimum Gasteiger partial charge on any atom is -0.508 e. The Morgan fingerprint density at radius 3 is 2.42 bits per heavy atom. The lowest BCUT2D eigenvalue weighted by atomic mass is 10.1. The van der Waals surface area contributed by atoms with Crippen LogP contribution in [0.1, 0.15) is 18.2 Å². The molecule has 0 aliphatic rings. The largest absolute Gasteiger partial charge is 0.508 e. The van der Waals surface area contributed by atoms with Crippen LogP contribution in [0.2, 0.25) is 0 Å². The summed E-state index contributed by atoms with van der Waals surface area (Å²) < 4.78 is 5.11. The standard InChI is InChI=1S/C18H18N2O6/c1-11(21)19-15(10-14-3-2-8-26-14)17(23)20-16(18(24)25)9-12-4-6-13(22)7-5-12/h2-8,10,16,22H,9H2,1H3,(H,19,21)(H,20,23)(H,24,25)/b15-10-/t16-/m0/s1. The van der Waals surface area contributed by atoms with Gasteiger partial charge in [0.15, 0.2) is 0 Å². The number of carbonyl (C=O) groups is 3. The predicted octanol–water partition coefficient (Wildman–Crippen LogP) is 1.27. The van der Waals surface area contributed by atoms with Gasteiger partial charge in [-0.15, -0.1) is 0 Å². The highest BCUT2D eigenvalue weighted by Gasteiger charge is 2.23. The average Bonchev–Trinajstić information content (AvgIpc) is 3.08. The topological polar surface area (TPSA) is 129 Å². The maximum absolute atomic E-state index is 12.4. The van der Waals surface area contributed by atoms with Crippen LogP contribution >= 0.6 is 0 Å². The number of furan rings is 1. The van der Waals surface area contributed by atoms with Crippen molar-refractivity contribution in [1.29, 1.82) is 0 Å². The molecule has 0 saturated carbocycles. The molecule has 4 N–H and O–H groups in total. The van der Waals surface area contributed by atoms with Crippen molar-refractivity contribution in [2.45, 2.75) is 19.4 Å². The maximum atomic E-state index is 12.4. The van der Waals surface area contributed by atoms with Crippen LogP contribution in [0.5, 0.6) is 5.75 Å². The van der Waals surface area contributed by atoms with Crippen molar-refractivity contribution in [3.05, 3.63) is 59.7 Å². The van der Waals surface area contributed by atoms with Crippen LogP contribution < -0.4 is 10.6 Å². The van der Waals surface area contributed by atoms with E-state index in [0.717, 1.165) is 0 Å². The van der Waals surface area contributed by atoms with E-state index < -0.39 is 23.8 Å². The highest BCUT2D eigenvalue weighted by molar-refractivity contribution is 6.02. The number of phenols is 1. The quantitative estimate of drug-likeness (QED) is 0.552. The van der Waals surface area contributed by atoms with Crippen molar-refractivity contribution >= 4 is 23.9 Å². The van der Waals surface area contributed by atoms with E-state index in [2.05, 4.69) is 10.6 Å². The summed E-state index contributed by atoms with van der Waals surface area (Å²) >= 11 is 0. The first kappa shape index (κ1) is 18.8. The Hall–Kier alpha value is -3.55. The molecule has 1 aromatic carbocycles. The average molecular weight is 358 g/mol. The van der Waals surface area contributed by atoms with E-state index in [9.17, 15) is 24.6 Å². The molecule has 0 saturated heterocycles. The van der Waals surface area contributed by atoms with Crippen LogP contribution in [-0.4, -0.2) is 34.0 Å². The van der Waals surface area contributed by atoms with Gasteiger partial charge in [0.25, 0.3) is 5.91 Å². The number of amides is 2. The third-order valence-electron chi connectivity index (χ3n) is 3.36. The summed E-state index contributed by atoms with van der Waals surface area (Å²) in [5.74, 6) is -2.09. The summed E-state index contributed by atoms with van der Waals surface area (Å²) in [7, 11) is 0. The summed E-state index contributed by atoms with van der Waals surface area (Å²) in [6.45, 7) is 1.23. The zero-order valence-electron chi connectivity index (χ0n) is 13.9. The lowest BCUT2D eigenvalue weighted by Crippen LogP contribution is -2.45. The van der Waals surface area contributed by atoms with Crippen LogP contribution in [0.4, 0.5) is 0 Å². The van der Waals surface area contributed by atoms with Crippen molar-refractivity contribution < 1.29 is 29.0 Å². The zero-order valence-corrected chi connectivity index (χ0v) is 13.9. The van der Waals surface area contributed by atoms with Crippen LogP contribution in [0.15, 0.2) is 52.8 Å². The van der Waals surface area contributed by atoms with E-state index in [1.54, 1.807) is 24.3 Å². The van der Waals surface area contributed by atoms with Crippen molar-refractivity contribution in [2.24, 2.45) is 0 Å². The Balaban J connectivity index is 2.16. The number of carbonyl (C=O) groups excluding carboxylic acids is 2. The molecule has 1 atom stereocenters. The number of nitrogens with one attached hydrogen (secondary N) is 2. The summed E-state index contributed by atoms with van der Waals surface area (Å²) in [4.78, 5) is 35.2. The van der Waals surface area contributed by atoms with Gasteiger partial charge in [0.1, 0.15) is 23.2 Å². The second-order valence-electron chi connectivity index (χ2n) is 5.49. The van der Waals surface area contributed by atoms with Gasteiger partial charge in [0.2, 0.25) is 5.91 Å². The number of carboxylic acids is 1. The Labute approximate surface area is 149 Å².